The molecule has 0 fully saturated rings. The van der Waals surface area contributed by atoms with E-state index in [9.17, 15) is 4.79 Å². The van der Waals surface area contributed by atoms with Gasteiger partial charge >= 0.3 is 0 Å². The molecule has 2 heterocycles. The van der Waals surface area contributed by atoms with Crippen molar-refractivity contribution in [3.8, 4) is 0 Å². The molecule has 0 saturated heterocycles. The van der Waals surface area contributed by atoms with Crippen molar-refractivity contribution >= 4 is 33.2 Å². The van der Waals surface area contributed by atoms with Gasteiger partial charge in [0.2, 0.25) is 0 Å². The number of halogens is 1. The van der Waals surface area contributed by atoms with Gasteiger partial charge in [-0.3, -0.25) is 15.6 Å². The van der Waals surface area contributed by atoms with E-state index >= 15 is 0 Å². The summed E-state index contributed by atoms with van der Waals surface area (Å²) in [6.45, 7) is 0. The Balaban J connectivity index is 2.14. The molecule has 2 rings (SSSR count). The average Bonchev–Trinajstić information content (AvgIpc) is 2.41. The summed E-state index contributed by atoms with van der Waals surface area (Å²) in [5.41, 5.74) is 4.02. The molecule has 0 atom stereocenters. The Kier molecular flexibility index (Phi) is 3.85. The normalized spacial score (nSPS) is 9.89. The Morgan fingerprint density at radius 3 is 2.72 bits per heavy atom. The number of nitrogens with two attached hydrogens (primary N) is 1. The molecule has 1 amide bonds. The summed E-state index contributed by atoms with van der Waals surface area (Å²) >= 11 is 3.30. The van der Waals surface area contributed by atoms with Gasteiger partial charge in [0, 0.05) is 12.4 Å². The number of carbonyl (C=O) groups excluding carboxylic acids is 1. The van der Waals surface area contributed by atoms with Gasteiger partial charge in [-0.15, -0.1) is 0 Å². The molecule has 2 aromatic heterocycles. The minimum atomic E-state index is -0.300. The first-order valence-electron chi connectivity index (χ1n) is 5.04. The second-order valence-corrected chi connectivity index (χ2v) is 4.24. The van der Waals surface area contributed by atoms with Gasteiger partial charge in [0.25, 0.3) is 5.91 Å². The highest BCUT2D eigenvalue weighted by molar-refractivity contribution is 9.10. The molecule has 0 aliphatic rings. The number of rotatable bonds is 3. The van der Waals surface area contributed by atoms with E-state index in [2.05, 4.69) is 36.6 Å². The van der Waals surface area contributed by atoms with Gasteiger partial charge in [-0.1, -0.05) is 0 Å². The highest BCUT2D eigenvalue weighted by atomic mass is 79.9. The Morgan fingerprint density at radius 1 is 1.28 bits per heavy atom. The highest BCUT2D eigenvalue weighted by Gasteiger charge is 2.09. The molecule has 4 N–H and O–H groups in total. The number of hydrogen-bond acceptors (Lipinski definition) is 5. The number of nitrogen functional groups attached to an aromatic ring is 1. The summed E-state index contributed by atoms with van der Waals surface area (Å²) in [7, 11) is 0. The number of pyridine rings is 2. The second-order valence-electron chi connectivity index (χ2n) is 3.39. The lowest BCUT2D eigenvalue weighted by Gasteiger charge is -2.06. The van der Waals surface area contributed by atoms with E-state index in [0.29, 0.717) is 21.5 Å². The maximum Gasteiger partial charge on any atom is 0.274 e. The van der Waals surface area contributed by atoms with E-state index in [1.165, 1.54) is 6.20 Å². The van der Waals surface area contributed by atoms with Crippen molar-refractivity contribution in [2.75, 3.05) is 10.7 Å². The molecule has 0 unspecified atom stereocenters. The van der Waals surface area contributed by atoms with Crippen LogP contribution < -0.4 is 16.6 Å². The average molecular weight is 308 g/mol. The topological polar surface area (TPSA) is 92.9 Å². The van der Waals surface area contributed by atoms with Gasteiger partial charge in [-0.25, -0.2) is 4.98 Å². The van der Waals surface area contributed by atoms with Gasteiger partial charge < -0.3 is 10.7 Å². The van der Waals surface area contributed by atoms with Crippen LogP contribution in [0.3, 0.4) is 0 Å². The maximum absolute atomic E-state index is 11.9. The summed E-state index contributed by atoms with van der Waals surface area (Å²) in [5.74, 6) is 4.92. The second kappa shape index (κ2) is 5.56. The summed E-state index contributed by atoms with van der Waals surface area (Å²) in [6.07, 6.45) is 4.68. The SMILES string of the molecule is NNc1ccc(C(=O)Nc2ccncc2Br)nc1. The van der Waals surface area contributed by atoms with E-state index in [-0.39, 0.29) is 5.91 Å². The predicted octanol–water partition coefficient (Wildman–Crippen LogP) is 1.78. The van der Waals surface area contributed by atoms with Crippen LogP contribution in [0.4, 0.5) is 11.4 Å². The van der Waals surface area contributed by atoms with E-state index in [1.807, 2.05) is 0 Å². The third-order valence-corrected chi connectivity index (χ3v) is 2.82. The molecular formula is C11H10BrN5O. The number of nitrogens with one attached hydrogen (secondary N) is 2. The number of nitrogens with zero attached hydrogens (tertiary/aromatic N) is 2. The largest absolute Gasteiger partial charge is 0.323 e. The Hall–Kier alpha value is -1.99. The van der Waals surface area contributed by atoms with Gasteiger partial charge in [0.1, 0.15) is 5.69 Å². The summed E-state index contributed by atoms with van der Waals surface area (Å²) in [6, 6.07) is 4.95. The number of hydrazine groups is 1. The smallest absolute Gasteiger partial charge is 0.274 e. The van der Waals surface area contributed by atoms with Crippen molar-refractivity contribution in [1.29, 1.82) is 0 Å². The molecule has 0 bridgehead atoms. The molecular weight excluding hydrogens is 298 g/mol. The lowest BCUT2D eigenvalue weighted by molar-refractivity contribution is 0.102. The molecule has 0 aliphatic heterocycles. The van der Waals surface area contributed by atoms with Crippen LogP contribution in [0.15, 0.2) is 41.3 Å². The fourth-order valence-corrected chi connectivity index (χ4v) is 1.63. The molecule has 6 nitrogen and oxygen atoms in total. The third kappa shape index (κ3) is 2.82. The maximum atomic E-state index is 11.9. The summed E-state index contributed by atoms with van der Waals surface area (Å²) in [4.78, 5) is 19.8. The van der Waals surface area contributed by atoms with Crippen LogP contribution in [0.2, 0.25) is 0 Å². The number of aromatic nitrogens is 2. The highest BCUT2D eigenvalue weighted by Crippen LogP contribution is 2.20. The zero-order valence-corrected chi connectivity index (χ0v) is 10.8. The van der Waals surface area contributed by atoms with E-state index < -0.39 is 0 Å². The Morgan fingerprint density at radius 2 is 2.11 bits per heavy atom. The quantitative estimate of drug-likeness (QED) is 0.593. The molecule has 0 aliphatic carbocycles. The zero-order chi connectivity index (χ0) is 13.0. The lowest BCUT2D eigenvalue weighted by atomic mass is 10.3. The van der Waals surface area contributed by atoms with E-state index in [0.717, 1.165) is 0 Å². The van der Waals surface area contributed by atoms with Crippen molar-refractivity contribution in [1.82, 2.24) is 9.97 Å². The monoisotopic (exact) mass is 307 g/mol. The summed E-state index contributed by atoms with van der Waals surface area (Å²) in [5, 5.41) is 2.72. The fraction of sp³-hybridized carbons (Fsp3) is 0. The number of anilines is 2. The Bertz CT molecular complexity index is 558. The standard InChI is InChI=1S/C11H10BrN5O/c12-8-6-14-4-3-9(8)16-11(18)10-2-1-7(17-13)5-15-10/h1-6,17H,13H2,(H,14,16,18). The fourth-order valence-electron chi connectivity index (χ4n) is 1.28. The Labute approximate surface area is 112 Å². The molecule has 2 aromatic rings. The van der Waals surface area contributed by atoms with Crippen LogP contribution in [-0.2, 0) is 0 Å². The van der Waals surface area contributed by atoms with E-state index in [4.69, 9.17) is 5.84 Å². The van der Waals surface area contributed by atoms with Gasteiger partial charge in [0.05, 0.1) is 22.0 Å². The van der Waals surface area contributed by atoms with Crippen LogP contribution in [0.25, 0.3) is 0 Å². The zero-order valence-electron chi connectivity index (χ0n) is 9.22. The number of amides is 1. The van der Waals surface area contributed by atoms with Crippen LogP contribution in [0.5, 0.6) is 0 Å². The van der Waals surface area contributed by atoms with Crippen molar-refractivity contribution in [3.63, 3.8) is 0 Å². The molecule has 92 valence electrons. The number of hydrogen-bond donors (Lipinski definition) is 3. The molecule has 18 heavy (non-hydrogen) atoms. The lowest BCUT2D eigenvalue weighted by Crippen LogP contribution is -2.14. The van der Waals surface area contributed by atoms with Gasteiger partial charge in [-0.2, -0.15) is 0 Å². The molecule has 7 heteroatoms. The van der Waals surface area contributed by atoms with Crippen LogP contribution in [0, 0.1) is 0 Å². The molecule has 0 saturated carbocycles. The molecule has 0 radical (unpaired) electrons. The first kappa shape index (κ1) is 12.5. The van der Waals surface area contributed by atoms with E-state index in [1.54, 1.807) is 30.6 Å². The molecule has 0 spiro atoms. The van der Waals surface area contributed by atoms with Crippen molar-refractivity contribution < 1.29 is 4.79 Å². The van der Waals surface area contributed by atoms with Gasteiger partial charge in [-0.05, 0) is 34.1 Å². The van der Waals surface area contributed by atoms with Crippen molar-refractivity contribution in [3.05, 3.63) is 47.0 Å². The van der Waals surface area contributed by atoms with Crippen molar-refractivity contribution in [2.45, 2.75) is 0 Å². The summed E-state index contributed by atoms with van der Waals surface area (Å²) < 4.78 is 0.707. The van der Waals surface area contributed by atoms with Crippen LogP contribution >= 0.6 is 15.9 Å². The van der Waals surface area contributed by atoms with Crippen molar-refractivity contribution in [2.24, 2.45) is 5.84 Å². The number of carbonyl (C=O) groups is 1. The predicted molar refractivity (Wildman–Crippen MR) is 71.9 cm³/mol. The molecule has 0 aromatic carbocycles. The van der Waals surface area contributed by atoms with Crippen LogP contribution in [-0.4, -0.2) is 15.9 Å². The van der Waals surface area contributed by atoms with Crippen LogP contribution in [0.1, 0.15) is 10.5 Å². The first-order valence-corrected chi connectivity index (χ1v) is 5.83. The van der Waals surface area contributed by atoms with Gasteiger partial charge in [0.15, 0.2) is 0 Å². The minimum Gasteiger partial charge on any atom is -0.323 e. The first-order chi connectivity index (χ1) is 8.70. The third-order valence-electron chi connectivity index (χ3n) is 2.18. The minimum absolute atomic E-state index is 0.300.